The van der Waals surface area contributed by atoms with Gasteiger partial charge in [0.05, 0.1) is 13.2 Å². The highest BCUT2D eigenvalue weighted by atomic mass is 16.5. The normalized spacial score (nSPS) is 15.0. The molecule has 0 radical (unpaired) electrons. The Morgan fingerprint density at radius 3 is 2.33 bits per heavy atom. The van der Waals surface area contributed by atoms with Gasteiger partial charge in [0, 0.05) is 25.2 Å². The molecule has 0 saturated carbocycles. The minimum Gasteiger partial charge on any atom is -0.489 e. The van der Waals surface area contributed by atoms with Crippen molar-refractivity contribution in [3.05, 3.63) is 65.2 Å². The first-order chi connectivity index (χ1) is 14.4. The zero-order chi connectivity index (χ0) is 21.4. The van der Waals surface area contributed by atoms with Crippen molar-refractivity contribution in [3.63, 3.8) is 0 Å². The summed E-state index contributed by atoms with van der Waals surface area (Å²) in [5, 5.41) is 3.01. The summed E-state index contributed by atoms with van der Waals surface area (Å²) in [6, 6.07) is 15.9. The van der Waals surface area contributed by atoms with Crippen LogP contribution in [0.3, 0.4) is 0 Å². The Morgan fingerprint density at radius 1 is 1.03 bits per heavy atom. The van der Waals surface area contributed by atoms with Gasteiger partial charge in [0.15, 0.2) is 0 Å². The van der Waals surface area contributed by atoms with Crippen LogP contribution in [0.5, 0.6) is 5.75 Å². The molecular weight excluding hydrogens is 376 g/mol. The molecule has 0 bridgehead atoms. The minimum atomic E-state index is -0.0257. The second-order valence-corrected chi connectivity index (χ2v) is 8.82. The fraction of sp³-hybridized carbons (Fsp3) is 0.480. The molecule has 0 spiro atoms. The molecule has 0 unspecified atom stereocenters. The quantitative estimate of drug-likeness (QED) is 0.668. The molecule has 162 valence electrons. The molecule has 0 aromatic heterocycles. The van der Waals surface area contributed by atoms with Gasteiger partial charge in [-0.25, -0.2) is 0 Å². The van der Waals surface area contributed by atoms with Crippen molar-refractivity contribution >= 4 is 5.91 Å². The van der Waals surface area contributed by atoms with E-state index in [1.807, 2.05) is 36.4 Å². The monoisotopic (exact) mass is 410 g/mol. The first-order valence-corrected chi connectivity index (χ1v) is 10.8. The smallest absolute Gasteiger partial charge is 0.251 e. The summed E-state index contributed by atoms with van der Waals surface area (Å²) in [5.74, 6) is 0.826. The van der Waals surface area contributed by atoms with Gasteiger partial charge in [-0.1, -0.05) is 45.0 Å². The summed E-state index contributed by atoms with van der Waals surface area (Å²) in [5.41, 5.74) is 3.14. The van der Waals surface area contributed by atoms with Crippen LogP contribution in [0.4, 0.5) is 0 Å². The standard InChI is InChI=1S/C25H34N2O3/c1-25(2,3)22-9-11-23(12-10-22)30-19-20-5-7-21(8-6-20)24(28)26-13-4-14-27-15-17-29-18-16-27/h5-12H,4,13-19H2,1-3H3,(H,26,28). The topological polar surface area (TPSA) is 50.8 Å². The van der Waals surface area contributed by atoms with Crippen molar-refractivity contribution in [2.45, 2.75) is 39.2 Å². The fourth-order valence-electron chi connectivity index (χ4n) is 3.40. The maximum absolute atomic E-state index is 12.3. The molecule has 2 aromatic rings. The third kappa shape index (κ3) is 6.85. The number of nitrogens with zero attached hydrogens (tertiary/aromatic N) is 1. The van der Waals surface area contributed by atoms with Gasteiger partial charge in [-0.3, -0.25) is 9.69 Å². The van der Waals surface area contributed by atoms with E-state index in [0.717, 1.165) is 50.6 Å². The molecule has 0 aliphatic carbocycles. The van der Waals surface area contributed by atoms with E-state index in [9.17, 15) is 4.79 Å². The number of hydrogen-bond donors (Lipinski definition) is 1. The van der Waals surface area contributed by atoms with Gasteiger partial charge >= 0.3 is 0 Å². The lowest BCUT2D eigenvalue weighted by Gasteiger charge is -2.26. The molecule has 2 aromatic carbocycles. The highest BCUT2D eigenvalue weighted by Crippen LogP contribution is 2.24. The number of nitrogens with one attached hydrogen (secondary N) is 1. The summed E-state index contributed by atoms with van der Waals surface area (Å²) in [7, 11) is 0. The molecule has 5 nitrogen and oxygen atoms in total. The number of rotatable bonds is 8. The molecule has 1 aliphatic heterocycles. The molecule has 0 atom stereocenters. The highest BCUT2D eigenvalue weighted by molar-refractivity contribution is 5.94. The first kappa shape index (κ1) is 22.3. The van der Waals surface area contributed by atoms with Crippen molar-refractivity contribution in [2.24, 2.45) is 0 Å². The van der Waals surface area contributed by atoms with Gasteiger partial charge < -0.3 is 14.8 Å². The van der Waals surface area contributed by atoms with Crippen LogP contribution in [0.1, 0.15) is 48.7 Å². The molecule has 1 fully saturated rings. The Kier molecular flexibility index (Phi) is 7.88. The van der Waals surface area contributed by atoms with E-state index in [1.165, 1.54) is 5.56 Å². The highest BCUT2D eigenvalue weighted by Gasteiger charge is 2.13. The third-order valence-corrected chi connectivity index (χ3v) is 5.38. The number of ether oxygens (including phenoxy) is 2. The lowest BCUT2D eigenvalue weighted by Crippen LogP contribution is -2.38. The van der Waals surface area contributed by atoms with Crippen LogP contribution >= 0.6 is 0 Å². The zero-order valence-corrected chi connectivity index (χ0v) is 18.4. The molecule has 1 heterocycles. The van der Waals surface area contributed by atoms with Crippen LogP contribution in [0.25, 0.3) is 0 Å². The minimum absolute atomic E-state index is 0.0257. The van der Waals surface area contributed by atoms with Crippen LogP contribution in [-0.2, 0) is 16.8 Å². The maximum atomic E-state index is 12.3. The van der Waals surface area contributed by atoms with Crippen molar-refractivity contribution in [3.8, 4) is 5.75 Å². The molecule has 1 amide bonds. The second kappa shape index (κ2) is 10.6. The van der Waals surface area contributed by atoms with E-state index >= 15 is 0 Å². The molecular formula is C25H34N2O3. The molecule has 1 N–H and O–H groups in total. The molecule has 1 saturated heterocycles. The average Bonchev–Trinajstić information content (AvgIpc) is 2.76. The van der Waals surface area contributed by atoms with Crippen LogP contribution in [-0.4, -0.2) is 50.2 Å². The summed E-state index contributed by atoms with van der Waals surface area (Å²) >= 11 is 0. The van der Waals surface area contributed by atoms with Crippen molar-refractivity contribution in [2.75, 3.05) is 39.4 Å². The maximum Gasteiger partial charge on any atom is 0.251 e. The number of carbonyl (C=O) groups is 1. The van der Waals surface area contributed by atoms with E-state index in [0.29, 0.717) is 18.7 Å². The summed E-state index contributed by atoms with van der Waals surface area (Å²) in [6.45, 7) is 12.4. The van der Waals surface area contributed by atoms with Crippen LogP contribution in [0.2, 0.25) is 0 Å². The Morgan fingerprint density at radius 2 is 1.70 bits per heavy atom. The predicted molar refractivity (Wildman–Crippen MR) is 120 cm³/mol. The molecule has 5 heteroatoms. The number of benzene rings is 2. The predicted octanol–water partition coefficient (Wildman–Crippen LogP) is 4.02. The zero-order valence-electron chi connectivity index (χ0n) is 18.4. The van der Waals surface area contributed by atoms with E-state index in [4.69, 9.17) is 9.47 Å². The molecule has 30 heavy (non-hydrogen) atoms. The Bertz CT molecular complexity index is 789. The second-order valence-electron chi connectivity index (χ2n) is 8.82. The first-order valence-electron chi connectivity index (χ1n) is 10.8. The number of carbonyl (C=O) groups excluding carboxylic acids is 1. The number of morpholine rings is 1. The lowest BCUT2D eigenvalue weighted by atomic mass is 9.87. The van der Waals surface area contributed by atoms with Gasteiger partial charge in [-0.2, -0.15) is 0 Å². The van der Waals surface area contributed by atoms with Crippen LogP contribution in [0, 0.1) is 0 Å². The Labute approximate surface area is 180 Å². The van der Waals surface area contributed by atoms with Gasteiger partial charge in [0.1, 0.15) is 12.4 Å². The number of hydrogen-bond acceptors (Lipinski definition) is 4. The van der Waals surface area contributed by atoms with Crippen LogP contribution < -0.4 is 10.1 Å². The SMILES string of the molecule is CC(C)(C)c1ccc(OCc2ccc(C(=O)NCCCN3CCOCC3)cc2)cc1. The lowest BCUT2D eigenvalue weighted by molar-refractivity contribution is 0.0374. The third-order valence-electron chi connectivity index (χ3n) is 5.38. The molecule has 1 aliphatic rings. The van der Waals surface area contributed by atoms with Crippen molar-refractivity contribution < 1.29 is 14.3 Å². The van der Waals surface area contributed by atoms with E-state index in [1.54, 1.807) is 0 Å². The summed E-state index contributed by atoms with van der Waals surface area (Å²) in [6.07, 6.45) is 0.950. The van der Waals surface area contributed by atoms with E-state index in [2.05, 4.69) is 43.1 Å². The largest absolute Gasteiger partial charge is 0.489 e. The van der Waals surface area contributed by atoms with Gasteiger partial charge in [0.2, 0.25) is 0 Å². The average molecular weight is 411 g/mol. The van der Waals surface area contributed by atoms with Crippen molar-refractivity contribution in [1.29, 1.82) is 0 Å². The van der Waals surface area contributed by atoms with Gasteiger partial charge in [0.25, 0.3) is 5.91 Å². The van der Waals surface area contributed by atoms with Crippen LogP contribution in [0.15, 0.2) is 48.5 Å². The van der Waals surface area contributed by atoms with E-state index in [-0.39, 0.29) is 11.3 Å². The summed E-state index contributed by atoms with van der Waals surface area (Å²) < 4.78 is 11.2. The summed E-state index contributed by atoms with van der Waals surface area (Å²) in [4.78, 5) is 14.7. The number of amides is 1. The Hall–Kier alpha value is -2.37. The fourth-order valence-corrected chi connectivity index (χ4v) is 3.40. The van der Waals surface area contributed by atoms with Gasteiger partial charge in [-0.15, -0.1) is 0 Å². The van der Waals surface area contributed by atoms with E-state index < -0.39 is 0 Å². The van der Waals surface area contributed by atoms with Crippen molar-refractivity contribution in [1.82, 2.24) is 10.2 Å². The van der Waals surface area contributed by atoms with Gasteiger partial charge in [-0.05, 0) is 53.8 Å². The molecule has 3 rings (SSSR count). The Balaban J connectivity index is 1.40.